The lowest BCUT2D eigenvalue weighted by molar-refractivity contribution is 0.102. The van der Waals surface area contributed by atoms with Gasteiger partial charge in [0, 0.05) is 40.2 Å². The van der Waals surface area contributed by atoms with Gasteiger partial charge in [-0.05, 0) is 83.1 Å². The van der Waals surface area contributed by atoms with Crippen molar-refractivity contribution in [2.45, 2.75) is 45.1 Å². The van der Waals surface area contributed by atoms with Crippen LogP contribution in [0.3, 0.4) is 0 Å². The molecular formula is C29H27F4N3O. The predicted octanol–water partition coefficient (Wildman–Crippen LogP) is 6.59. The van der Waals surface area contributed by atoms with E-state index in [9.17, 15) is 22.4 Å². The maximum Gasteiger partial charge on any atom is 0.255 e. The van der Waals surface area contributed by atoms with Gasteiger partial charge in [0.1, 0.15) is 29.0 Å². The molecule has 1 fully saturated rings. The molecule has 0 aliphatic carbocycles. The second kappa shape index (κ2) is 9.41. The lowest BCUT2D eigenvalue weighted by Crippen LogP contribution is -2.45. The highest BCUT2D eigenvalue weighted by molar-refractivity contribution is 5.94. The SMILES string of the molecule is CC(C)(C)N1CCC(c2cc3c(ccc(=O)n3-c3c(F)cccc3F)c(-c3ccc(F)cc3F)n2)CC1. The third-order valence-electron chi connectivity index (χ3n) is 7.12. The minimum absolute atomic E-state index is 0.00697. The van der Waals surface area contributed by atoms with Crippen LogP contribution in [0.5, 0.6) is 0 Å². The van der Waals surface area contributed by atoms with Crippen LogP contribution in [0, 0.1) is 23.3 Å². The summed E-state index contributed by atoms with van der Waals surface area (Å²) in [6.07, 6.45) is 1.54. The number of piperidine rings is 1. The molecule has 0 N–H and O–H groups in total. The molecule has 3 heterocycles. The Morgan fingerprint density at radius 3 is 2.16 bits per heavy atom. The lowest BCUT2D eigenvalue weighted by atomic mass is 9.89. The zero-order valence-electron chi connectivity index (χ0n) is 20.9. The van der Waals surface area contributed by atoms with Gasteiger partial charge in [0.2, 0.25) is 0 Å². The molecule has 0 atom stereocenters. The Kier molecular flexibility index (Phi) is 6.40. The van der Waals surface area contributed by atoms with Crippen molar-refractivity contribution in [2.24, 2.45) is 0 Å². The minimum Gasteiger partial charge on any atom is -0.298 e. The molecule has 192 valence electrons. The Bertz CT molecular complexity index is 1530. The molecule has 0 saturated carbocycles. The molecule has 1 aliphatic rings. The van der Waals surface area contributed by atoms with Crippen molar-refractivity contribution < 1.29 is 17.6 Å². The zero-order valence-corrected chi connectivity index (χ0v) is 20.9. The summed E-state index contributed by atoms with van der Waals surface area (Å²) in [5.74, 6) is -3.37. The van der Waals surface area contributed by atoms with E-state index in [0.29, 0.717) is 11.1 Å². The number of pyridine rings is 2. The van der Waals surface area contributed by atoms with E-state index < -0.39 is 34.5 Å². The number of aromatic nitrogens is 2. The Morgan fingerprint density at radius 1 is 0.865 bits per heavy atom. The summed E-state index contributed by atoms with van der Waals surface area (Å²) in [4.78, 5) is 20.2. The summed E-state index contributed by atoms with van der Waals surface area (Å²) in [5, 5.41) is 0.323. The first-order valence-corrected chi connectivity index (χ1v) is 12.3. The molecule has 0 spiro atoms. The van der Waals surface area contributed by atoms with E-state index in [1.165, 1.54) is 24.3 Å². The van der Waals surface area contributed by atoms with Crippen molar-refractivity contribution in [3.63, 3.8) is 0 Å². The lowest BCUT2D eigenvalue weighted by Gasteiger charge is -2.40. The summed E-state index contributed by atoms with van der Waals surface area (Å²) < 4.78 is 59.4. The fraction of sp³-hybridized carbons (Fsp3) is 0.310. The summed E-state index contributed by atoms with van der Waals surface area (Å²) in [6, 6.07) is 10.9. The van der Waals surface area contributed by atoms with Crippen molar-refractivity contribution >= 4 is 10.9 Å². The standard InChI is InChI=1S/C29H27F4N3O/c1-29(2,3)35-13-11-17(12-14-35)24-16-25-20(27(34-24)19-8-7-18(30)15-23(19)33)9-10-26(37)36(25)28-21(31)5-4-6-22(28)32/h4-10,15-17H,11-14H2,1-3H3. The van der Waals surface area contributed by atoms with Gasteiger partial charge in [0.05, 0.1) is 11.2 Å². The average molecular weight is 510 g/mol. The highest BCUT2D eigenvalue weighted by Crippen LogP contribution is 2.36. The van der Waals surface area contributed by atoms with Crippen molar-refractivity contribution in [3.8, 4) is 16.9 Å². The van der Waals surface area contributed by atoms with Gasteiger partial charge < -0.3 is 0 Å². The Hall–Kier alpha value is -3.52. The number of hydrogen-bond donors (Lipinski definition) is 0. The smallest absolute Gasteiger partial charge is 0.255 e. The molecule has 4 nitrogen and oxygen atoms in total. The first-order chi connectivity index (χ1) is 17.5. The number of likely N-dealkylation sites (tertiary alicyclic amines) is 1. The van der Waals surface area contributed by atoms with E-state index >= 15 is 0 Å². The number of benzene rings is 2. The van der Waals surface area contributed by atoms with Gasteiger partial charge in [-0.15, -0.1) is 0 Å². The normalized spacial score (nSPS) is 15.4. The second-order valence-corrected chi connectivity index (χ2v) is 10.5. The van der Waals surface area contributed by atoms with Crippen LogP contribution < -0.4 is 5.56 Å². The highest BCUT2D eigenvalue weighted by Gasteiger charge is 2.29. The van der Waals surface area contributed by atoms with E-state index in [4.69, 9.17) is 4.98 Å². The van der Waals surface area contributed by atoms with Gasteiger partial charge in [-0.1, -0.05) is 6.07 Å². The number of para-hydroxylation sites is 1. The number of hydrogen-bond acceptors (Lipinski definition) is 3. The van der Waals surface area contributed by atoms with Gasteiger partial charge in [0.25, 0.3) is 5.56 Å². The highest BCUT2D eigenvalue weighted by atomic mass is 19.1. The van der Waals surface area contributed by atoms with Gasteiger partial charge >= 0.3 is 0 Å². The molecule has 37 heavy (non-hydrogen) atoms. The largest absolute Gasteiger partial charge is 0.298 e. The molecule has 4 aromatic rings. The van der Waals surface area contributed by atoms with Crippen LogP contribution in [0.1, 0.15) is 45.2 Å². The second-order valence-electron chi connectivity index (χ2n) is 10.5. The molecule has 2 aromatic heterocycles. The minimum atomic E-state index is -0.902. The molecule has 5 rings (SSSR count). The molecule has 1 aliphatic heterocycles. The Morgan fingerprint density at radius 2 is 1.54 bits per heavy atom. The summed E-state index contributed by atoms with van der Waals surface area (Å²) in [5.41, 5.74) is -0.111. The van der Waals surface area contributed by atoms with Crippen molar-refractivity contribution in [2.75, 3.05) is 13.1 Å². The van der Waals surface area contributed by atoms with Gasteiger partial charge in [-0.25, -0.2) is 17.6 Å². The van der Waals surface area contributed by atoms with E-state index in [0.717, 1.165) is 54.8 Å². The topological polar surface area (TPSA) is 38.1 Å². The summed E-state index contributed by atoms with van der Waals surface area (Å²) in [7, 11) is 0. The molecule has 1 saturated heterocycles. The predicted molar refractivity (Wildman–Crippen MR) is 136 cm³/mol. The zero-order chi connectivity index (χ0) is 26.5. The first-order valence-electron chi connectivity index (χ1n) is 12.3. The molecular weight excluding hydrogens is 482 g/mol. The van der Waals surface area contributed by atoms with Crippen molar-refractivity contribution in [3.05, 3.63) is 93.9 Å². The number of halogens is 4. The summed E-state index contributed by atoms with van der Waals surface area (Å²) >= 11 is 0. The van der Waals surface area contributed by atoms with Crippen molar-refractivity contribution in [1.82, 2.24) is 14.5 Å². The molecule has 8 heteroatoms. The van der Waals surface area contributed by atoms with Crippen LogP contribution in [0.15, 0.2) is 59.4 Å². The van der Waals surface area contributed by atoms with E-state index in [1.54, 1.807) is 6.07 Å². The molecule has 0 bridgehead atoms. The maximum absolute atomic E-state index is 15.0. The van der Waals surface area contributed by atoms with Crippen LogP contribution in [0.2, 0.25) is 0 Å². The number of fused-ring (bicyclic) bond motifs is 1. The van der Waals surface area contributed by atoms with Crippen LogP contribution >= 0.6 is 0 Å². The average Bonchev–Trinajstić information content (AvgIpc) is 2.84. The van der Waals surface area contributed by atoms with Gasteiger partial charge in [-0.3, -0.25) is 19.2 Å². The number of rotatable bonds is 3. The monoisotopic (exact) mass is 509 g/mol. The molecule has 2 aromatic carbocycles. The fourth-order valence-corrected chi connectivity index (χ4v) is 5.13. The quantitative estimate of drug-likeness (QED) is 0.293. The Labute approximate surface area is 212 Å². The van der Waals surface area contributed by atoms with Crippen molar-refractivity contribution in [1.29, 1.82) is 0 Å². The third kappa shape index (κ3) is 4.66. The van der Waals surface area contributed by atoms with Crippen LogP contribution in [-0.2, 0) is 0 Å². The third-order valence-corrected chi connectivity index (χ3v) is 7.12. The van der Waals surface area contributed by atoms with Gasteiger partial charge in [0.15, 0.2) is 0 Å². The van der Waals surface area contributed by atoms with E-state index in [1.807, 2.05) is 0 Å². The Balaban J connectivity index is 1.77. The maximum atomic E-state index is 15.0. The molecule has 0 unspecified atom stereocenters. The number of nitrogens with zero attached hydrogens (tertiary/aromatic N) is 3. The molecule has 0 radical (unpaired) electrons. The molecule has 0 amide bonds. The van der Waals surface area contributed by atoms with E-state index in [2.05, 4.69) is 25.7 Å². The summed E-state index contributed by atoms with van der Waals surface area (Å²) in [6.45, 7) is 8.09. The van der Waals surface area contributed by atoms with Gasteiger partial charge in [-0.2, -0.15) is 0 Å². The van der Waals surface area contributed by atoms with Crippen LogP contribution in [0.25, 0.3) is 27.8 Å². The first kappa shape index (κ1) is 25.1. The van der Waals surface area contributed by atoms with Crippen LogP contribution in [0.4, 0.5) is 17.6 Å². The van der Waals surface area contributed by atoms with E-state index in [-0.39, 0.29) is 28.2 Å². The fourth-order valence-electron chi connectivity index (χ4n) is 5.13. The van der Waals surface area contributed by atoms with Crippen LogP contribution in [-0.4, -0.2) is 33.1 Å².